The monoisotopic (exact) mass is 541 g/mol. The van der Waals surface area contributed by atoms with E-state index >= 15 is 0 Å². The lowest BCUT2D eigenvalue weighted by Gasteiger charge is -2.12. The quantitative estimate of drug-likeness (QED) is 0.247. The lowest BCUT2D eigenvalue weighted by molar-refractivity contribution is -0.141. The third-order valence-corrected chi connectivity index (χ3v) is 5.89. The second-order valence-electron chi connectivity index (χ2n) is 7.25. The normalized spacial score (nSPS) is 12.4. The average molecular weight is 542 g/mol. The van der Waals surface area contributed by atoms with Crippen LogP contribution in [0.2, 0.25) is 10.0 Å². The highest BCUT2D eigenvalue weighted by molar-refractivity contribution is 7.80. The molecule has 4 rings (SSSR count). The lowest BCUT2D eigenvalue weighted by Crippen LogP contribution is -2.09. The molecular formula is C23H16Cl2F3N3O3S. The van der Waals surface area contributed by atoms with Crippen molar-refractivity contribution >= 4 is 40.2 Å². The van der Waals surface area contributed by atoms with Crippen LogP contribution >= 0.6 is 23.2 Å². The number of benzene rings is 3. The minimum atomic E-state index is -4.67. The number of nitrogens with one attached hydrogen (secondary N) is 1. The van der Waals surface area contributed by atoms with Crippen LogP contribution in [0.3, 0.4) is 0 Å². The highest BCUT2D eigenvalue weighted by Gasteiger charge is 2.35. The molecule has 1 aromatic heterocycles. The van der Waals surface area contributed by atoms with Crippen molar-refractivity contribution in [3.05, 3.63) is 94.2 Å². The third-order valence-electron chi connectivity index (χ3n) is 4.87. The summed E-state index contributed by atoms with van der Waals surface area (Å²) in [7, 11) is 0. The zero-order valence-electron chi connectivity index (χ0n) is 17.6. The smallest absolute Gasteiger partial charge is 0.435 e. The second-order valence-corrected chi connectivity index (χ2v) is 8.76. The van der Waals surface area contributed by atoms with Crippen molar-refractivity contribution < 1.29 is 26.7 Å². The topological polar surface area (TPSA) is 76.4 Å². The molecule has 3 aromatic carbocycles. The van der Waals surface area contributed by atoms with E-state index in [1.165, 1.54) is 12.1 Å². The molecule has 0 amide bonds. The second kappa shape index (κ2) is 10.3. The van der Waals surface area contributed by atoms with E-state index in [1.807, 2.05) is 6.07 Å². The van der Waals surface area contributed by atoms with E-state index < -0.39 is 23.1 Å². The number of nitrogens with zero attached hydrogens (tertiary/aromatic N) is 2. The molecule has 0 aliphatic rings. The number of rotatable bonds is 7. The Morgan fingerprint density at radius 1 is 0.971 bits per heavy atom. The molecule has 0 saturated heterocycles. The standard InChI is InChI=1S/C23H16Cl2F3N3O3S/c24-19-5-2-6-20(25)22(19)31-17(12-21(29-31)23(26,27)28)13-34-18-9-7-14(8-10-18)15-3-1-4-16(11-15)30-35(32)33/h1-12,30H,13H2,(H,32,33). The molecule has 2 N–H and O–H groups in total. The Morgan fingerprint density at radius 2 is 1.63 bits per heavy atom. The predicted molar refractivity (Wildman–Crippen MR) is 129 cm³/mol. The van der Waals surface area contributed by atoms with Gasteiger partial charge in [0, 0.05) is 5.69 Å². The van der Waals surface area contributed by atoms with Crippen molar-refractivity contribution in [3.8, 4) is 22.6 Å². The van der Waals surface area contributed by atoms with Gasteiger partial charge in [0.15, 0.2) is 5.69 Å². The predicted octanol–water partition coefficient (Wildman–Crippen LogP) is 6.99. The first-order valence-electron chi connectivity index (χ1n) is 9.93. The molecule has 6 nitrogen and oxygen atoms in total. The minimum Gasteiger partial charge on any atom is -0.487 e. The highest BCUT2D eigenvalue weighted by Crippen LogP contribution is 2.34. The Labute approximate surface area is 210 Å². The molecular weight excluding hydrogens is 526 g/mol. The molecule has 12 heteroatoms. The summed E-state index contributed by atoms with van der Waals surface area (Å²) in [5.41, 5.74) is 1.19. The van der Waals surface area contributed by atoms with Gasteiger partial charge in [-0.25, -0.2) is 8.89 Å². The molecule has 0 aliphatic heterocycles. The molecule has 35 heavy (non-hydrogen) atoms. The first-order chi connectivity index (χ1) is 16.6. The molecule has 1 unspecified atom stereocenters. The maximum atomic E-state index is 13.3. The number of alkyl halides is 3. The van der Waals surface area contributed by atoms with Gasteiger partial charge in [0.2, 0.25) is 0 Å². The van der Waals surface area contributed by atoms with Crippen LogP contribution in [-0.4, -0.2) is 18.5 Å². The zero-order chi connectivity index (χ0) is 25.2. The third kappa shape index (κ3) is 5.96. The molecule has 0 bridgehead atoms. The van der Waals surface area contributed by atoms with E-state index in [9.17, 15) is 17.4 Å². The van der Waals surface area contributed by atoms with E-state index in [0.29, 0.717) is 11.4 Å². The van der Waals surface area contributed by atoms with Gasteiger partial charge in [-0.15, -0.1) is 0 Å². The van der Waals surface area contributed by atoms with Crippen LogP contribution in [0.1, 0.15) is 11.4 Å². The molecule has 1 atom stereocenters. The van der Waals surface area contributed by atoms with E-state index in [2.05, 4.69) is 9.82 Å². The first-order valence-corrected chi connectivity index (χ1v) is 11.8. The molecule has 0 fully saturated rings. The Bertz CT molecular complexity index is 1360. The van der Waals surface area contributed by atoms with Crippen molar-refractivity contribution in [2.24, 2.45) is 0 Å². The van der Waals surface area contributed by atoms with Gasteiger partial charge in [0.05, 0.1) is 15.7 Å². The summed E-state index contributed by atoms with van der Waals surface area (Å²) in [4.78, 5) is 0. The molecule has 0 spiro atoms. The van der Waals surface area contributed by atoms with Gasteiger partial charge in [-0.1, -0.05) is 53.5 Å². The van der Waals surface area contributed by atoms with E-state index in [0.717, 1.165) is 21.9 Å². The number of para-hydroxylation sites is 1. The maximum absolute atomic E-state index is 13.3. The van der Waals surface area contributed by atoms with Crippen molar-refractivity contribution in [1.29, 1.82) is 0 Å². The van der Waals surface area contributed by atoms with E-state index in [-0.39, 0.29) is 28.0 Å². The Morgan fingerprint density at radius 3 is 2.26 bits per heavy atom. The summed E-state index contributed by atoms with van der Waals surface area (Å²) < 4.78 is 69.1. The Balaban J connectivity index is 1.57. The van der Waals surface area contributed by atoms with Crippen LogP contribution in [0.25, 0.3) is 16.8 Å². The Kier molecular flexibility index (Phi) is 7.36. The summed E-state index contributed by atoms with van der Waals surface area (Å²) in [6, 6.07) is 19.2. The summed E-state index contributed by atoms with van der Waals surface area (Å²) in [5.74, 6) is 0.408. The zero-order valence-corrected chi connectivity index (χ0v) is 19.9. The van der Waals surface area contributed by atoms with E-state index in [4.69, 9.17) is 32.5 Å². The number of halogens is 5. The van der Waals surface area contributed by atoms with Crippen molar-refractivity contribution in [3.63, 3.8) is 0 Å². The molecule has 0 saturated carbocycles. The average Bonchev–Trinajstić information content (AvgIpc) is 3.22. The number of ether oxygens (including phenoxy) is 1. The largest absolute Gasteiger partial charge is 0.487 e. The van der Waals surface area contributed by atoms with E-state index in [1.54, 1.807) is 48.5 Å². The van der Waals surface area contributed by atoms with Gasteiger partial charge in [-0.3, -0.25) is 9.27 Å². The lowest BCUT2D eigenvalue weighted by atomic mass is 10.1. The fraction of sp³-hybridized carbons (Fsp3) is 0.0870. The van der Waals surface area contributed by atoms with Gasteiger partial charge in [-0.2, -0.15) is 18.3 Å². The number of anilines is 1. The maximum Gasteiger partial charge on any atom is 0.435 e. The van der Waals surface area contributed by atoms with Crippen LogP contribution in [-0.2, 0) is 24.0 Å². The summed E-state index contributed by atoms with van der Waals surface area (Å²) in [5, 5.41) is 3.95. The van der Waals surface area contributed by atoms with Crippen LogP contribution < -0.4 is 9.46 Å². The van der Waals surface area contributed by atoms with Crippen LogP contribution in [0.5, 0.6) is 5.75 Å². The van der Waals surface area contributed by atoms with Crippen molar-refractivity contribution in [2.75, 3.05) is 4.72 Å². The van der Waals surface area contributed by atoms with Crippen molar-refractivity contribution in [1.82, 2.24) is 9.78 Å². The van der Waals surface area contributed by atoms with Crippen LogP contribution in [0, 0.1) is 0 Å². The van der Waals surface area contributed by atoms with Gasteiger partial charge in [0.1, 0.15) is 18.0 Å². The molecule has 182 valence electrons. The minimum absolute atomic E-state index is 0.104. The molecule has 4 aromatic rings. The van der Waals surface area contributed by atoms with Crippen molar-refractivity contribution in [2.45, 2.75) is 12.8 Å². The fourth-order valence-corrected chi connectivity index (χ4v) is 4.20. The fourth-order valence-electron chi connectivity index (χ4n) is 3.31. The molecule has 1 heterocycles. The highest BCUT2D eigenvalue weighted by atomic mass is 35.5. The van der Waals surface area contributed by atoms with Gasteiger partial charge < -0.3 is 4.74 Å². The number of aromatic nitrogens is 2. The summed E-state index contributed by atoms with van der Waals surface area (Å²) in [6.45, 7) is -0.230. The Hall–Kier alpha value is -3.05. The molecule has 0 radical (unpaired) electrons. The summed E-state index contributed by atoms with van der Waals surface area (Å²) in [6.07, 6.45) is -4.67. The molecule has 0 aliphatic carbocycles. The first kappa shape index (κ1) is 25.1. The van der Waals surface area contributed by atoms with Gasteiger partial charge >= 0.3 is 6.18 Å². The van der Waals surface area contributed by atoms with Crippen LogP contribution in [0.4, 0.5) is 18.9 Å². The van der Waals surface area contributed by atoms with Gasteiger partial charge in [-0.05, 0) is 53.6 Å². The van der Waals surface area contributed by atoms with Gasteiger partial charge in [0.25, 0.3) is 11.3 Å². The summed E-state index contributed by atoms with van der Waals surface area (Å²) >= 11 is 10.2. The SMILES string of the molecule is O=S(O)Nc1cccc(-c2ccc(OCc3cc(C(F)(F)F)nn3-c3c(Cl)cccc3Cl)cc2)c1. The van der Waals surface area contributed by atoms with Crippen LogP contribution in [0.15, 0.2) is 72.8 Å². The number of hydrogen-bond donors (Lipinski definition) is 2. The number of hydrogen-bond acceptors (Lipinski definition) is 3.